The molecule has 1 saturated carbocycles. The minimum atomic E-state index is -1.02. The minimum absolute atomic E-state index is 0.0790. The van der Waals surface area contributed by atoms with Crippen molar-refractivity contribution in [3.05, 3.63) is 30.1 Å². The van der Waals surface area contributed by atoms with Crippen LogP contribution in [0.2, 0.25) is 0 Å². The smallest absolute Gasteiger partial charge is 0.325 e. The molecular formula is C18H23FN2O4. The van der Waals surface area contributed by atoms with E-state index in [0.29, 0.717) is 12.2 Å². The lowest BCUT2D eigenvalue weighted by molar-refractivity contribution is -0.135. The quantitative estimate of drug-likeness (QED) is 0.797. The van der Waals surface area contributed by atoms with Crippen molar-refractivity contribution in [2.75, 3.05) is 13.2 Å². The fourth-order valence-electron chi connectivity index (χ4n) is 3.65. The molecule has 3 atom stereocenters. The third kappa shape index (κ3) is 3.46. The predicted molar refractivity (Wildman–Crippen MR) is 88.5 cm³/mol. The van der Waals surface area contributed by atoms with Crippen molar-refractivity contribution in [2.45, 2.75) is 44.2 Å². The third-order valence-corrected chi connectivity index (χ3v) is 5.15. The molecule has 136 valence electrons. The van der Waals surface area contributed by atoms with Gasteiger partial charge in [-0.2, -0.15) is 0 Å². The van der Waals surface area contributed by atoms with Gasteiger partial charge in [0.05, 0.1) is 6.54 Å². The maximum absolute atomic E-state index is 12.9. The molecule has 1 heterocycles. The van der Waals surface area contributed by atoms with Gasteiger partial charge in [-0.25, -0.2) is 9.18 Å². The number of benzene rings is 1. The topological polar surface area (TPSA) is 78.9 Å². The van der Waals surface area contributed by atoms with E-state index in [-0.39, 0.29) is 30.8 Å². The van der Waals surface area contributed by atoms with Gasteiger partial charge in [0.15, 0.2) is 0 Å². The molecule has 2 fully saturated rings. The first-order chi connectivity index (χ1) is 11.9. The molecule has 3 rings (SSSR count). The fraction of sp³-hybridized carbons (Fsp3) is 0.556. The second-order valence-corrected chi connectivity index (χ2v) is 6.88. The van der Waals surface area contributed by atoms with Crippen LogP contribution in [0.4, 0.5) is 9.18 Å². The molecule has 0 aromatic heterocycles. The van der Waals surface area contributed by atoms with Crippen LogP contribution in [0.15, 0.2) is 24.3 Å². The van der Waals surface area contributed by atoms with E-state index in [2.05, 4.69) is 5.32 Å². The Morgan fingerprint density at radius 2 is 2.08 bits per heavy atom. The van der Waals surface area contributed by atoms with E-state index in [0.717, 1.165) is 24.2 Å². The van der Waals surface area contributed by atoms with Crippen LogP contribution in [-0.4, -0.2) is 46.7 Å². The average molecular weight is 350 g/mol. The van der Waals surface area contributed by atoms with Crippen molar-refractivity contribution in [2.24, 2.45) is 5.92 Å². The number of carbonyl (C=O) groups is 2. The molecule has 0 radical (unpaired) electrons. The zero-order valence-electron chi connectivity index (χ0n) is 14.2. The van der Waals surface area contributed by atoms with E-state index < -0.39 is 17.7 Å². The van der Waals surface area contributed by atoms with Crippen molar-refractivity contribution in [1.82, 2.24) is 10.2 Å². The lowest BCUT2D eigenvalue weighted by Crippen LogP contribution is -2.54. The molecule has 1 aliphatic heterocycles. The van der Waals surface area contributed by atoms with Gasteiger partial charge in [-0.1, -0.05) is 19.8 Å². The van der Waals surface area contributed by atoms with E-state index in [1.165, 1.54) is 24.3 Å². The van der Waals surface area contributed by atoms with Crippen LogP contribution in [0.5, 0.6) is 5.75 Å². The Labute approximate surface area is 146 Å². The molecule has 2 aliphatic rings. The molecule has 1 spiro atoms. The van der Waals surface area contributed by atoms with Gasteiger partial charge in [0, 0.05) is 0 Å². The number of rotatable bonds is 5. The Morgan fingerprint density at radius 1 is 1.36 bits per heavy atom. The van der Waals surface area contributed by atoms with Crippen molar-refractivity contribution < 1.29 is 23.8 Å². The number of carbonyl (C=O) groups excluding carboxylic acids is 2. The van der Waals surface area contributed by atoms with Crippen LogP contribution in [0, 0.1) is 11.7 Å². The number of ether oxygens (including phenoxy) is 1. The summed E-state index contributed by atoms with van der Waals surface area (Å²) in [5.74, 6) is -0.144. The summed E-state index contributed by atoms with van der Waals surface area (Å²) in [5, 5.41) is 13.0. The number of aliphatic hydroxyl groups is 1. The highest BCUT2D eigenvalue weighted by molar-refractivity contribution is 6.07. The Morgan fingerprint density at radius 3 is 2.76 bits per heavy atom. The van der Waals surface area contributed by atoms with E-state index in [4.69, 9.17) is 4.74 Å². The van der Waals surface area contributed by atoms with Gasteiger partial charge >= 0.3 is 6.03 Å². The molecule has 25 heavy (non-hydrogen) atoms. The Hall–Kier alpha value is -2.15. The van der Waals surface area contributed by atoms with Crippen molar-refractivity contribution in [1.29, 1.82) is 0 Å². The van der Waals surface area contributed by atoms with Crippen LogP contribution < -0.4 is 10.1 Å². The SMILES string of the molecule is CC1CCCCC12NC(=O)N(CC(O)COc1ccc(F)cc1)C2=O. The number of nitrogens with zero attached hydrogens (tertiary/aromatic N) is 1. The maximum atomic E-state index is 12.9. The Kier molecular flexibility index (Phi) is 4.94. The molecule has 2 N–H and O–H groups in total. The molecule has 6 nitrogen and oxygen atoms in total. The molecule has 1 saturated heterocycles. The number of aliphatic hydroxyl groups excluding tert-OH is 1. The molecule has 1 aromatic rings. The first-order valence-electron chi connectivity index (χ1n) is 8.63. The molecule has 7 heteroatoms. The summed E-state index contributed by atoms with van der Waals surface area (Å²) in [6.45, 7) is 1.76. The van der Waals surface area contributed by atoms with Crippen molar-refractivity contribution >= 4 is 11.9 Å². The third-order valence-electron chi connectivity index (χ3n) is 5.15. The fourth-order valence-corrected chi connectivity index (χ4v) is 3.65. The number of urea groups is 1. The maximum Gasteiger partial charge on any atom is 0.325 e. The van der Waals surface area contributed by atoms with Crippen molar-refractivity contribution in [3.63, 3.8) is 0 Å². The summed E-state index contributed by atoms with van der Waals surface area (Å²) < 4.78 is 18.2. The number of imide groups is 1. The van der Waals surface area contributed by atoms with Crippen LogP contribution >= 0.6 is 0 Å². The number of hydrogen-bond acceptors (Lipinski definition) is 4. The van der Waals surface area contributed by atoms with E-state index in [9.17, 15) is 19.1 Å². The highest BCUT2D eigenvalue weighted by Gasteiger charge is 2.54. The molecule has 3 amide bonds. The van der Waals surface area contributed by atoms with Crippen molar-refractivity contribution in [3.8, 4) is 5.75 Å². The predicted octanol–water partition coefficient (Wildman–Crippen LogP) is 2.07. The molecule has 3 unspecified atom stereocenters. The normalized spacial score (nSPS) is 27.5. The second kappa shape index (κ2) is 7.00. The van der Waals surface area contributed by atoms with Gasteiger partial charge in [-0.3, -0.25) is 9.69 Å². The first-order valence-corrected chi connectivity index (χ1v) is 8.63. The zero-order valence-corrected chi connectivity index (χ0v) is 14.2. The van der Waals surface area contributed by atoms with Crippen LogP contribution in [0.3, 0.4) is 0 Å². The monoisotopic (exact) mass is 350 g/mol. The summed E-state index contributed by atoms with van der Waals surface area (Å²) in [5.41, 5.74) is -0.827. The first kappa shape index (κ1) is 17.7. The zero-order chi connectivity index (χ0) is 18.0. The van der Waals surface area contributed by atoms with Gasteiger partial charge < -0.3 is 15.2 Å². The van der Waals surface area contributed by atoms with Gasteiger partial charge in [0.1, 0.15) is 29.8 Å². The number of halogens is 1. The van der Waals surface area contributed by atoms with E-state index in [1.54, 1.807) is 0 Å². The highest BCUT2D eigenvalue weighted by atomic mass is 19.1. The lowest BCUT2D eigenvalue weighted by atomic mass is 9.73. The van der Waals surface area contributed by atoms with E-state index in [1.807, 2.05) is 6.92 Å². The van der Waals surface area contributed by atoms with Gasteiger partial charge in [0.25, 0.3) is 5.91 Å². The minimum Gasteiger partial charge on any atom is -0.491 e. The Balaban J connectivity index is 1.59. The molecule has 1 aliphatic carbocycles. The highest BCUT2D eigenvalue weighted by Crippen LogP contribution is 2.38. The summed E-state index contributed by atoms with van der Waals surface area (Å²) >= 11 is 0. The summed E-state index contributed by atoms with van der Waals surface area (Å²) in [4.78, 5) is 26.1. The number of hydrogen-bond donors (Lipinski definition) is 2. The van der Waals surface area contributed by atoms with Crippen LogP contribution in [-0.2, 0) is 4.79 Å². The Bertz CT molecular complexity index is 651. The number of β-amino-alcohol motifs (C(OH)–C–C–N with tert-alkyl or cyclic N) is 1. The molecule has 0 bridgehead atoms. The van der Waals surface area contributed by atoms with Gasteiger partial charge in [-0.15, -0.1) is 0 Å². The van der Waals surface area contributed by atoms with Crippen LogP contribution in [0.25, 0.3) is 0 Å². The van der Waals surface area contributed by atoms with Gasteiger partial charge in [-0.05, 0) is 43.0 Å². The number of amides is 3. The second-order valence-electron chi connectivity index (χ2n) is 6.88. The standard InChI is InChI=1S/C18H23FN2O4/c1-12-4-2-3-9-18(12)16(23)21(17(24)20-18)10-14(22)11-25-15-7-5-13(19)6-8-15/h5-8,12,14,22H,2-4,9-11H2,1H3,(H,20,24). The molecule has 1 aromatic carbocycles. The average Bonchev–Trinajstić information content (AvgIpc) is 2.82. The van der Waals surface area contributed by atoms with Crippen LogP contribution in [0.1, 0.15) is 32.6 Å². The summed E-state index contributed by atoms with van der Waals surface area (Å²) in [6, 6.07) is 4.96. The van der Waals surface area contributed by atoms with Gasteiger partial charge in [0.2, 0.25) is 0 Å². The molecular weight excluding hydrogens is 327 g/mol. The lowest BCUT2D eigenvalue weighted by Gasteiger charge is -2.36. The summed E-state index contributed by atoms with van der Waals surface area (Å²) in [6.07, 6.45) is 2.47. The number of nitrogens with one attached hydrogen (secondary N) is 1. The summed E-state index contributed by atoms with van der Waals surface area (Å²) in [7, 11) is 0. The largest absolute Gasteiger partial charge is 0.491 e. The van der Waals surface area contributed by atoms with E-state index >= 15 is 0 Å².